The molecule has 0 radical (unpaired) electrons. The number of hydrogen-bond donors (Lipinski definition) is 2. The SMILES string of the molecule is CCCCOc1ccc(NC(=O)NCCCc2cnoc2)cc1. The van der Waals surface area contributed by atoms with Crippen molar-refractivity contribution in [2.45, 2.75) is 32.6 Å². The fourth-order valence-corrected chi connectivity index (χ4v) is 1.99. The topological polar surface area (TPSA) is 76.4 Å². The Labute approximate surface area is 136 Å². The van der Waals surface area contributed by atoms with Gasteiger partial charge in [0.25, 0.3) is 0 Å². The minimum atomic E-state index is -0.213. The number of benzene rings is 1. The van der Waals surface area contributed by atoms with Gasteiger partial charge in [-0.2, -0.15) is 0 Å². The average molecular weight is 317 g/mol. The summed E-state index contributed by atoms with van der Waals surface area (Å²) in [5, 5.41) is 9.25. The van der Waals surface area contributed by atoms with Crippen molar-refractivity contribution in [3.8, 4) is 5.75 Å². The first-order valence-corrected chi connectivity index (χ1v) is 7.94. The standard InChI is InChI=1S/C17H23N3O3/c1-2-3-11-22-16-8-6-15(7-9-16)20-17(21)18-10-4-5-14-12-19-23-13-14/h6-9,12-13H,2-5,10-11H2,1H3,(H2,18,20,21). The van der Waals surface area contributed by atoms with Gasteiger partial charge in [0.2, 0.25) is 0 Å². The van der Waals surface area contributed by atoms with Crippen LogP contribution in [0.4, 0.5) is 10.5 Å². The molecule has 0 aliphatic heterocycles. The summed E-state index contributed by atoms with van der Waals surface area (Å²) >= 11 is 0. The smallest absolute Gasteiger partial charge is 0.319 e. The highest BCUT2D eigenvalue weighted by molar-refractivity contribution is 5.89. The van der Waals surface area contributed by atoms with Crippen LogP contribution >= 0.6 is 0 Å². The van der Waals surface area contributed by atoms with E-state index < -0.39 is 0 Å². The van der Waals surface area contributed by atoms with Gasteiger partial charge in [-0.05, 0) is 43.5 Å². The molecule has 0 fully saturated rings. The second kappa shape index (κ2) is 9.50. The Bertz CT molecular complexity index is 567. The maximum atomic E-state index is 11.8. The van der Waals surface area contributed by atoms with Gasteiger partial charge in [-0.15, -0.1) is 0 Å². The Balaban J connectivity index is 1.64. The molecule has 0 bridgehead atoms. The molecule has 0 saturated heterocycles. The van der Waals surface area contributed by atoms with E-state index in [-0.39, 0.29) is 6.03 Å². The van der Waals surface area contributed by atoms with Crippen molar-refractivity contribution in [3.05, 3.63) is 42.3 Å². The van der Waals surface area contributed by atoms with E-state index in [2.05, 4.69) is 22.7 Å². The van der Waals surface area contributed by atoms with Crippen molar-refractivity contribution in [2.24, 2.45) is 0 Å². The van der Waals surface area contributed by atoms with Gasteiger partial charge in [-0.3, -0.25) is 0 Å². The van der Waals surface area contributed by atoms with Crippen LogP contribution in [0.25, 0.3) is 0 Å². The van der Waals surface area contributed by atoms with E-state index in [1.165, 1.54) is 0 Å². The van der Waals surface area contributed by atoms with E-state index in [4.69, 9.17) is 9.26 Å². The molecule has 0 spiro atoms. The summed E-state index contributed by atoms with van der Waals surface area (Å²) in [4.78, 5) is 11.8. The predicted octanol–water partition coefficient (Wildman–Crippen LogP) is 3.61. The minimum absolute atomic E-state index is 0.213. The van der Waals surface area contributed by atoms with Crippen molar-refractivity contribution in [2.75, 3.05) is 18.5 Å². The summed E-state index contributed by atoms with van der Waals surface area (Å²) in [7, 11) is 0. The molecule has 0 aliphatic rings. The van der Waals surface area contributed by atoms with Gasteiger partial charge >= 0.3 is 6.03 Å². The number of amides is 2. The van der Waals surface area contributed by atoms with E-state index in [9.17, 15) is 4.79 Å². The molecule has 0 atom stereocenters. The number of carbonyl (C=O) groups excluding carboxylic acids is 1. The highest BCUT2D eigenvalue weighted by atomic mass is 16.5. The molecule has 1 aromatic heterocycles. The summed E-state index contributed by atoms with van der Waals surface area (Å²) in [6.07, 6.45) is 7.11. The van der Waals surface area contributed by atoms with Gasteiger partial charge in [0.1, 0.15) is 12.0 Å². The number of hydrogen-bond acceptors (Lipinski definition) is 4. The van der Waals surface area contributed by atoms with Crippen LogP contribution in [0.3, 0.4) is 0 Å². The fourth-order valence-electron chi connectivity index (χ4n) is 1.99. The third-order valence-corrected chi connectivity index (χ3v) is 3.29. The zero-order valence-electron chi connectivity index (χ0n) is 13.4. The first-order chi connectivity index (χ1) is 11.3. The van der Waals surface area contributed by atoms with Crippen molar-refractivity contribution < 1.29 is 14.1 Å². The highest BCUT2D eigenvalue weighted by Gasteiger charge is 2.02. The number of aromatic nitrogens is 1. The lowest BCUT2D eigenvalue weighted by Gasteiger charge is -2.09. The van der Waals surface area contributed by atoms with E-state index in [0.29, 0.717) is 6.54 Å². The van der Waals surface area contributed by atoms with Gasteiger partial charge in [-0.1, -0.05) is 18.5 Å². The summed E-state index contributed by atoms with van der Waals surface area (Å²) in [6.45, 7) is 3.44. The number of aryl methyl sites for hydroxylation is 1. The fraction of sp³-hybridized carbons (Fsp3) is 0.412. The second-order valence-corrected chi connectivity index (χ2v) is 5.24. The Kier molecular flexibility index (Phi) is 6.97. The van der Waals surface area contributed by atoms with Crippen LogP contribution < -0.4 is 15.4 Å². The van der Waals surface area contributed by atoms with Crippen molar-refractivity contribution in [1.29, 1.82) is 0 Å². The number of anilines is 1. The average Bonchev–Trinajstić information content (AvgIpc) is 3.07. The molecule has 124 valence electrons. The zero-order chi connectivity index (χ0) is 16.3. The maximum absolute atomic E-state index is 11.8. The van der Waals surface area contributed by atoms with Gasteiger partial charge in [0, 0.05) is 17.8 Å². The Hall–Kier alpha value is -2.50. The molecule has 2 rings (SSSR count). The quantitative estimate of drug-likeness (QED) is 0.693. The zero-order valence-corrected chi connectivity index (χ0v) is 13.4. The maximum Gasteiger partial charge on any atom is 0.319 e. The lowest BCUT2D eigenvalue weighted by atomic mass is 10.2. The predicted molar refractivity (Wildman–Crippen MR) is 88.7 cm³/mol. The molecular formula is C17H23N3O3. The number of unbranched alkanes of at least 4 members (excludes halogenated alkanes) is 1. The lowest BCUT2D eigenvalue weighted by molar-refractivity contribution is 0.252. The molecule has 2 amide bonds. The largest absolute Gasteiger partial charge is 0.494 e. The molecule has 0 aliphatic carbocycles. The molecule has 0 saturated carbocycles. The first-order valence-electron chi connectivity index (χ1n) is 7.94. The Morgan fingerprint density at radius 1 is 1.26 bits per heavy atom. The van der Waals surface area contributed by atoms with Gasteiger partial charge in [0.15, 0.2) is 0 Å². The molecule has 6 nitrogen and oxygen atoms in total. The van der Waals surface area contributed by atoms with Crippen molar-refractivity contribution in [1.82, 2.24) is 10.5 Å². The molecule has 2 N–H and O–H groups in total. The Morgan fingerprint density at radius 3 is 2.78 bits per heavy atom. The summed E-state index contributed by atoms with van der Waals surface area (Å²) < 4.78 is 10.3. The van der Waals surface area contributed by atoms with Crippen LogP contribution in [-0.4, -0.2) is 24.3 Å². The van der Waals surface area contributed by atoms with Crippen LogP contribution in [0, 0.1) is 0 Å². The van der Waals surface area contributed by atoms with Crippen LogP contribution in [-0.2, 0) is 6.42 Å². The van der Waals surface area contributed by atoms with Crippen LogP contribution in [0.15, 0.2) is 41.2 Å². The summed E-state index contributed by atoms with van der Waals surface area (Å²) in [6, 6.07) is 7.17. The second-order valence-electron chi connectivity index (χ2n) is 5.24. The van der Waals surface area contributed by atoms with E-state index in [1.54, 1.807) is 12.5 Å². The van der Waals surface area contributed by atoms with Crippen molar-refractivity contribution in [3.63, 3.8) is 0 Å². The number of nitrogens with zero attached hydrogens (tertiary/aromatic N) is 1. The normalized spacial score (nSPS) is 10.3. The Morgan fingerprint density at radius 2 is 2.09 bits per heavy atom. The number of nitrogens with one attached hydrogen (secondary N) is 2. The van der Waals surface area contributed by atoms with Crippen LogP contribution in [0.2, 0.25) is 0 Å². The molecule has 0 unspecified atom stereocenters. The third kappa shape index (κ3) is 6.42. The molecule has 23 heavy (non-hydrogen) atoms. The lowest BCUT2D eigenvalue weighted by Crippen LogP contribution is -2.29. The number of urea groups is 1. The molecule has 2 aromatic rings. The monoisotopic (exact) mass is 317 g/mol. The summed E-state index contributed by atoms with van der Waals surface area (Å²) in [5.74, 6) is 0.818. The highest BCUT2D eigenvalue weighted by Crippen LogP contribution is 2.15. The third-order valence-electron chi connectivity index (χ3n) is 3.29. The molecule has 1 heterocycles. The van der Waals surface area contributed by atoms with Gasteiger partial charge in [0.05, 0.1) is 12.8 Å². The number of carbonyl (C=O) groups is 1. The van der Waals surface area contributed by atoms with Gasteiger partial charge in [-0.25, -0.2) is 4.79 Å². The van der Waals surface area contributed by atoms with Crippen molar-refractivity contribution >= 4 is 11.7 Å². The first kappa shape index (κ1) is 16.9. The van der Waals surface area contributed by atoms with E-state index >= 15 is 0 Å². The molecular weight excluding hydrogens is 294 g/mol. The summed E-state index contributed by atoms with van der Waals surface area (Å²) in [5.41, 5.74) is 1.77. The molecule has 1 aromatic carbocycles. The number of ether oxygens (including phenoxy) is 1. The van der Waals surface area contributed by atoms with E-state index in [0.717, 1.165) is 49.3 Å². The number of rotatable bonds is 9. The van der Waals surface area contributed by atoms with E-state index in [1.807, 2.05) is 24.3 Å². The van der Waals surface area contributed by atoms with Crippen LogP contribution in [0.5, 0.6) is 5.75 Å². The molecule has 6 heteroatoms. The minimum Gasteiger partial charge on any atom is -0.494 e. The van der Waals surface area contributed by atoms with Crippen LogP contribution in [0.1, 0.15) is 31.7 Å². The van der Waals surface area contributed by atoms with Gasteiger partial charge < -0.3 is 19.9 Å².